The normalized spacial score (nSPS) is 11.9. The summed E-state index contributed by atoms with van der Waals surface area (Å²) in [6.45, 7) is 6.12. The second-order valence-electron chi connectivity index (χ2n) is 7.44. The largest absolute Gasteiger partial charge is 0.331 e. The molecule has 0 spiro atoms. The molecular formula is C22H22N6. The fourth-order valence-corrected chi connectivity index (χ4v) is 3.93. The maximum atomic E-state index is 4.97. The van der Waals surface area contributed by atoms with Crippen LogP contribution in [0, 0.1) is 20.8 Å². The van der Waals surface area contributed by atoms with Gasteiger partial charge in [-0.05, 0) is 37.8 Å². The highest BCUT2D eigenvalue weighted by molar-refractivity contribution is 6.06. The second-order valence-corrected chi connectivity index (χ2v) is 7.44. The molecule has 0 bridgehead atoms. The summed E-state index contributed by atoms with van der Waals surface area (Å²) >= 11 is 0. The Morgan fingerprint density at radius 3 is 2.54 bits per heavy atom. The zero-order valence-corrected chi connectivity index (χ0v) is 16.6. The first-order valence-corrected chi connectivity index (χ1v) is 9.54. The number of nitrogens with zero attached hydrogens (tertiary/aromatic N) is 6. The third-order valence-electron chi connectivity index (χ3n) is 5.52. The van der Waals surface area contributed by atoms with E-state index in [9.17, 15) is 0 Å². The van der Waals surface area contributed by atoms with Crippen LogP contribution in [0.2, 0.25) is 0 Å². The molecule has 0 aliphatic carbocycles. The molecule has 5 rings (SSSR count). The predicted molar refractivity (Wildman–Crippen MR) is 111 cm³/mol. The standard InChI is InChI=1S/C22H22N6/c1-13-11-18-21(17-8-6-5-7-16(13)17)25-20(27(18)4)10-9-19-24-22-15(3)23-12-14(2)28(22)26-19/h5-8,11-12H,9-10H2,1-4H3. The van der Waals surface area contributed by atoms with E-state index in [0.29, 0.717) is 0 Å². The van der Waals surface area contributed by atoms with Gasteiger partial charge in [-0.3, -0.25) is 4.98 Å². The van der Waals surface area contributed by atoms with Crippen LogP contribution in [0.15, 0.2) is 36.5 Å². The summed E-state index contributed by atoms with van der Waals surface area (Å²) in [7, 11) is 2.09. The van der Waals surface area contributed by atoms with Gasteiger partial charge in [-0.1, -0.05) is 24.3 Å². The lowest BCUT2D eigenvalue weighted by Crippen LogP contribution is -2.02. The van der Waals surface area contributed by atoms with Crippen molar-refractivity contribution in [1.82, 2.24) is 29.1 Å². The molecule has 3 aromatic heterocycles. The van der Waals surface area contributed by atoms with Gasteiger partial charge in [-0.15, -0.1) is 0 Å². The van der Waals surface area contributed by atoms with E-state index in [1.165, 1.54) is 21.9 Å². The van der Waals surface area contributed by atoms with Crippen LogP contribution in [-0.4, -0.2) is 29.1 Å². The molecule has 140 valence electrons. The summed E-state index contributed by atoms with van der Waals surface area (Å²) < 4.78 is 4.08. The fraction of sp³-hybridized carbons (Fsp3) is 0.273. The Morgan fingerprint density at radius 1 is 0.964 bits per heavy atom. The molecule has 0 amide bonds. The van der Waals surface area contributed by atoms with Crippen molar-refractivity contribution in [2.24, 2.45) is 7.05 Å². The lowest BCUT2D eigenvalue weighted by molar-refractivity contribution is 0.752. The number of aromatic nitrogens is 6. The van der Waals surface area contributed by atoms with Crippen molar-refractivity contribution < 1.29 is 0 Å². The predicted octanol–water partition coefficient (Wildman–Crippen LogP) is 3.87. The Morgan fingerprint density at radius 2 is 1.75 bits per heavy atom. The molecule has 0 saturated carbocycles. The molecule has 2 aromatic carbocycles. The Labute approximate surface area is 162 Å². The van der Waals surface area contributed by atoms with Gasteiger partial charge in [0.1, 0.15) is 5.82 Å². The Hall–Kier alpha value is -3.28. The monoisotopic (exact) mass is 370 g/mol. The Balaban J connectivity index is 1.54. The zero-order valence-electron chi connectivity index (χ0n) is 16.6. The van der Waals surface area contributed by atoms with Crippen LogP contribution in [0.4, 0.5) is 0 Å². The summed E-state index contributed by atoms with van der Waals surface area (Å²) in [5.41, 5.74) is 6.24. The first kappa shape index (κ1) is 16.9. The van der Waals surface area contributed by atoms with E-state index in [-0.39, 0.29) is 0 Å². The third-order valence-corrected chi connectivity index (χ3v) is 5.52. The van der Waals surface area contributed by atoms with Gasteiger partial charge in [0.25, 0.3) is 0 Å². The van der Waals surface area contributed by atoms with Gasteiger partial charge in [-0.25, -0.2) is 14.5 Å². The average molecular weight is 370 g/mol. The van der Waals surface area contributed by atoms with Crippen LogP contribution < -0.4 is 0 Å². The summed E-state index contributed by atoms with van der Waals surface area (Å²) in [6, 6.07) is 10.7. The molecule has 0 radical (unpaired) electrons. The highest BCUT2D eigenvalue weighted by atomic mass is 15.3. The number of fused-ring (bicyclic) bond motifs is 4. The fourth-order valence-electron chi connectivity index (χ4n) is 3.93. The minimum atomic E-state index is 0.745. The highest BCUT2D eigenvalue weighted by Gasteiger charge is 2.14. The molecule has 0 fully saturated rings. The Kier molecular flexibility index (Phi) is 3.69. The summed E-state index contributed by atoms with van der Waals surface area (Å²) in [4.78, 5) is 14.0. The highest BCUT2D eigenvalue weighted by Crippen LogP contribution is 2.28. The van der Waals surface area contributed by atoms with Crippen molar-refractivity contribution in [2.75, 3.05) is 0 Å². The topological polar surface area (TPSA) is 60.9 Å². The number of hydrogen-bond acceptors (Lipinski definition) is 4. The molecule has 0 N–H and O–H groups in total. The molecule has 0 aliphatic rings. The van der Waals surface area contributed by atoms with Crippen LogP contribution in [-0.2, 0) is 19.9 Å². The minimum Gasteiger partial charge on any atom is -0.331 e. The first-order valence-electron chi connectivity index (χ1n) is 9.54. The maximum absolute atomic E-state index is 4.97. The first-order chi connectivity index (χ1) is 13.5. The van der Waals surface area contributed by atoms with E-state index in [0.717, 1.165) is 47.0 Å². The van der Waals surface area contributed by atoms with Crippen LogP contribution in [0.1, 0.15) is 28.6 Å². The van der Waals surface area contributed by atoms with Crippen molar-refractivity contribution in [2.45, 2.75) is 33.6 Å². The number of hydrogen-bond donors (Lipinski definition) is 0. The van der Waals surface area contributed by atoms with Crippen molar-refractivity contribution in [3.8, 4) is 0 Å². The SMILES string of the molecule is Cc1cc2c(nc(CCc3nc4c(C)ncc(C)n4n3)n2C)c2ccccc12. The van der Waals surface area contributed by atoms with Crippen molar-refractivity contribution >= 4 is 27.5 Å². The Bertz CT molecular complexity index is 1320. The van der Waals surface area contributed by atoms with Gasteiger partial charge in [-0.2, -0.15) is 5.10 Å². The quantitative estimate of drug-likeness (QED) is 0.484. The minimum absolute atomic E-state index is 0.745. The lowest BCUT2D eigenvalue weighted by Gasteiger charge is -2.04. The van der Waals surface area contributed by atoms with E-state index in [1.54, 1.807) is 0 Å². The molecule has 3 heterocycles. The smallest absolute Gasteiger partial charge is 0.177 e. The number of rotatable bonds is 3. The number of imidazole rings is 1. The van der Waals surface area contributed by atoms with Crippen molar-refractivity contribution in [3.05, 3.63) is 65.1 Å². The average Bonchev–Trinajstić information content (AvgIpc) is 3.27. The molecular weight excluding hydrogens is 348 g/mol. The van der Waals surface area contributed by atoms with Gasteiger partial charge in [0.2, 0.25) is 0 Å². The number of aryl methyl sites for hydroxylation is 6. The number of benzene rings is 2. The second kappa shape index (κ2) is 6.12. The summed E-state index contributed by atoms with van der Waals surface area (Å²) in [5.74, 6) is 1.88. The molecule has 0 atom stereocenters. The molecule has 0 aliphatic heterocycles. The molecule has 0 unspecified atom stereocenters. The van der Waals surface area contributed by atoms with E-state index >= 15 is 0 Å². The van der Waals surface area contributed by atoms with Gasteiger partial charge < -0.3 is 4.57 Å². The van der Waals surface area contributed by atoms with Gasteiger partial charge in [0, 0.05) is 31.5 Å². The molecule has 6 heteroatoms. The summed E-state index contributed by atoms with van der Waals surface area (Å²) in [6.07, 6.45) is 3.37. The van der Waals surface area contributed by atoms with E-state index in [2.05, 4.69) is 63.9 Å². The van der Waals surface area contributed by atoms with Crippen LogP contribution in [0.5, 0.6) is 0 Å². The lowest BCUT2D eigenvalue weighted by atomic mass is 10.0. The zero-order chi connectivity index (χ0) is 19.4. The van der Waals surface area contributed by atoms with Crippen molar-refractivity contribution in [3.63, 3.8) is 0 Å². The van der Waals surface area contributed by atoms with Gasteiger partial charge >= 0.3 is 0 Å². The molecule has 5 aromatic rings. The van der Waals surface area contributed by atoms with E-state index in [4.69, 9.17) is 4.98 Å². The van der Waals surface area contributed by atoms with Crippen LogP contribution >= 0.6 is 0 Å². The van der Waals surface area contributed by atoms with Gasteiger partial charge in [0.05, 0.1) is 22.4 Å². The van der Waals surface area contributed by atoms with E-state index < -0.39 is 0 Å². The van der Waals surface area contributed by atoms with Gasteiger partial charge in [0.15, 0.2) is 11.5 Å². The van der Waals surface area contributed by atoms with Crippen LogP contribution in [0.3, 0.4) is 0 Å². The summed E-state index contributed by atoms with van der Waals surface area (Å²) in [5, 5.41) is 7.14. The van der Waals surface area contributed by atoms with E-state index in [1.807, 2.05) is 24.6 Å². The molecule has 6 nitrogen and oxygen atoms in total. The molecule has 28 heavy (non-hydrogen) atoms. The maximum Gasteiger partial charge on any atom is 0.177 e. The molecule has 0 saturated heterocycles. The third kappa shape index (κ3) is 2.48. The van der Waals surface area contributed by atoms with Crippen molar-refractivity contribution in [1.29, 1.82) is 0 Å². The van der Waals surface area contributed by atoms with Crippen LogP contribution in [0.25, 0.3) is 27.5 Å².